The Hall–Kier alpha value is -0.780. The molecule has 0 bridgehead atoms. The fourth-order valence-electron chi connectivity index (χ4n) is 0.945. The molecule has 0 aliphatic rings. The quantitative estimate of drug-likeness (QED) is 0.742. The molecule has 0 unspecified atom stereocenters. The van der Waals surface area contributed by atoms with Gasteiger partial charge in [0.25, 0.3) is 0 Å². The van der Waals surface area contributed by atoms with Crippen molar-refractivity contribution in [3.63, 3.8) is 0 Å². The molecule has 0 aromatic heterocycles. The third-order valence-electron chi connectivity index (χ3n) is 1.52. The third-order valence-corrected chi connectivity index (χ3v) is 2.13. The van der Waals surface area contributed by atoms with Gasteiger partial charge < -0.3 is 0 Å². The van der Waals surface area contributed by atoms with Gasteiger partial charge in [0.05, 0.1) is 11.6 Å². The van der Waals surface area contributed by atoms with Gasteiger partial charge in [-0.1, -0.05) is 39.7 Å². The first-order chi connectivity index (χ1) is 6.27. The maximum absolute atomic E-state index is 8.77. The van der Waals surface area contributed by atoms with Crippen molar-refractivity contribution in [2.24, 2.45) is 0 Å². The molecular formula is C10H7BrClN. The Labute approximate surface area is 90.8 Å². The van der Waals surface area contributed by atoms with E-state index in [0.29, 0.717) is 10.6 Å². The third kappa shape index (κ3) is 2.87. The van der Waals surface area contributed by atoms with Crippen molar-refractivity contribution in [2.45, 2.75) is 0 Å². The van der Waals surface area contributed by atoms with Crippen LogP contribution in [0.25, 0.3) is 6.08 Å². The molecule has 0 saturated carbocycles. The predicted molar refractivity (Wildman–Crippen MR) is 59.0 cm³/mol. The average Bonchev–Trinajstić information content (AvgIpc) is 2.15. The second-order valence-electron chi connectivity index (χ2n) is 2.40. The minimum Gasteiger partial charge on any atom is -0.192 e. The summed E-state index contributed by atoms with van der Waals surface area (Å²) in [5.41, 5.74) is 1.50. The monoisotopic (exact) mass is 255 g/mol. The zero-order chi connectivity index (χ0) is 9.68. The lowest BCUT2D eigenvalue weighted by atomic mass is 10.1. The van der Waals surface area contributed by atoms with Crippen LogP contribution in [0.3, 0.4) is 0 Å². The van der Waals surface area contributed by atoms with Gasteiger partial charge in [-0.2, -0.15) is 5.26 Å². The van der Waals surface area contributed by atoms with Gasteiger partial charge in [-0.3, -0.25) is 0 Å². The molecule has 13 heavy (non-hydrogen) atoms. The molecule has 0 aliphatic carbocycles. The summed E-state index contributed by atoms with van der Waals surface area (Å²) in [6.45, 7) is 0. The first kappa shape index (κ1) is 10.3. The minimum absolute atomic E-state index is 0.640. The molecule has 66 valence electrons. The number of rotatable bonds is 2. The molecule has 0 atom stereocenters. The number of hydrogen-bond donors (Lipinski definition) is 0. The largest absolute Gasteiger partial charge is 0.192 e. The maximum Gasteiger partial charge on any atom is 0.0997 e. The molecule has 0 radical (unpaired) electrons. The summed E-state index contributed by atoms with van der Waals surface area (Å²) in [4.78, 5) is 0. The zero-order valence-electron chi connectivity index (χ0n) is 6.80. The van der Waals surface area contributed by atoms with Crippen LogP contribution < -0.4 is 0 Å². The molecule has 0 saturated heterocycles. The highest BCUT2D eigenvalue weighted by Gasteiger charge is 1.98. The number of hydrogen-bond acceptors (Lipinski definition) is 1. The molecule has 0 amide bonds. The van der Waals surface area contributed by atoms with Gasteiger partial charge in [-0.05, 0) is 23.8 Å². The summed E-state index contributed by atoms with van der Waals surface area (Å²) in [5.74, 6) is 0. The highest BCUT2D eigenvalue weighted by Crippen LogP contribution is 2.16. The average molecular weight is 257 g/mol. The van der Waals surface area contributed by atoms with Crippen molar-refractivity contribution in [2.75, 3.05) is 5.33 Å². The number of allylic oxidation sites excluding steroid dienone is 1. The Morgan fingerprint density at radius 2 is 2.31 bits per heavy atom. The lowest BCUT2D eigenvalue weighted by Gasteiger charge is -1.97. The number of alkyl halides is 1. The van der Waals surface area contributed by atoms with Gasteiger partial charge in [-0.15, -0.1) is 0 Å². The summed E-state index contributed by atoms with van der Waals surface area (Å²) < 4.78 is 0. The van der Waals surface area contributed by atoms with E-state index in [0.717, 1.165) is 10.9 Å². The summed E-state index contributed by atoms with van der Waals surface area (Å²) in [6.07, 6.45) is 3.80. The summed E-state index contributed by atoms with van der Waals surface area (Å²) in [7, 11) is 0. The number of halogens is 2. The molecule has 0 spiro atoms. The van der Waals surface area contributed by atoms with Gasteiger partial charge in [0.15, 0.2) is 0 Å². The first-order valence-corrected chi connectivity index (χ1v) is 5.20. The van der Waals surface area contributed by atoms with Gasteiger partial charge >= 0.3 is 0 Å². The van der Waals surface area contributed by atoms with Crippen LogP contribution in [0.4, 0.5) is 0 Å². The van der Waals surface area contributed by atoms with Gasteiger partial charge in [-0.25, -0.2) is 0 Å². The SMILES string of the molecule is N#Cc1ccc(Cl)cc1C=CCBr. The fourth-order valence-corrected chi connectivity index (χ4v) is 1.31. The van der Waals surface area contributed by atoms with Crippen molar-refractivity contribution in [1.29, 1.82) is 5.26 Å². The van der Waals surface area contributed by atoms with E-state index in [-0.39, 0.29) is 0 Å². The predicted octanol–water partition coefficient (Wildman–Crippen LogP) is 3.62. The fraction of sp³-hybridized carbons (Fsp3) is 0.100. The van der Waals surface area contributed by atoms with E-state index < -0.39 is 0 Å². The van der Waals surface area contributed by atoms with Gasteiger partial charge in [0.2, 0.25) is 0 Å². The van der Waals surface area contributed by atoms with Crippen molar-refractivity contribution in [1.82, 2.24) is 0 Å². The van der Waals surface area contributed by atoms with Crippen LogP contribution in [-0.4, -0.2) is 5.33 Å². The highest BCUT2D eigenvalue weighted by atomic mass is 79.9. The molecule has 0 N–H and O–H groups in total. The van der Waals surface area contributed by atoms with Crippen molar-refractivity contribution in [3.8, 4) is 6.07 Å². The lowest BCUT2D eigenvalue weighted by molar-refractivity contribution is 1.47. The topological polar surface area (TPSA) is 23.8 Å². The molecule has 1 nitrogen and oxygen atoms in total. The normalized spacial score (nSPS) is 10.2. The summed E-state index contributed by atoms with van der Waals surface area (Å²) in [5, 5.41) is 10.2. The molecular weight excluding hydrogens is 249 g/mol. The van der Waals surface area contributed by atoms with Crippen molar-refractivity contribution in [3.05, 3.63) is 40.4 Å². The van der Waals surface area contributed by atoms with E-state index in [2.05, 4.69) is 22.0 Å². The highest BCUT2D eigenvalue weighted by molar-refractivity contribution is 9.09. The first-order valence-electron chi connectivity index (χ1n) is 3.70. The van der Waals surface area contributed by atoms with E-state index in [4.69, 9.17) is 16.9 Å². The van der Waals surface area contributed by atoms with Crippen LogP contribution in [0, 0.1) is 11.3 Å². The Morgan fingerprint density at radius 3 is 2.92 bits per heavy atom. The molecule has 1 rings (SSSR count). The molecule has 0 fully saturated rings. The number of benzene rings is 1. The Bertz CT molecular complexity index is 366. The lowest BCUT2D eigenvalue weighted by Crippen LogP contribution is -1.81. The van der Waals surface area contributed by atoms with Crippen molar-refractivity contribution < 1.29 is 0 Å². The van der Waals surface area contributed by atoms with Crippen molar-refractivity contribution >= 4 is 33.6 Å². The van der Waals surface area contributed by atoms with E-state index in [1.54, 1.807) is 18.2 Å². The van der Waals surface area contributed by atoms with E-state index in [1.807, 2.05) is 12.2 Å². The Morgan fingerprint density at radius 1 is 1.54 bits per heavy atom. The minimum atomic E-state index is 0.640. The Kier molecular flexibility index (Phi) is 4.01. The molecule has 1 aromatic carbocycles. The smallest absolute Gasteiger partial charge is 0.0997 e. The van der Waals surface area contributed by atoms with Crippen LogP contribution in [0.5, 0.6) is 0 Å². The van der Waals surface area contributed by atoms with Gasteiger partial charge in [0, 0.05) is 10.4 Å². The molecule has 3 heteroatoms. The second-order valence-corrected chi connectivity index (χ2v) is 3.48. The van der Waals surface area contributed by atoms with Gasteiger partial charge in [0.1, 0.15) is 0 Å². The molecule has 1 aromatic rings. The zero-order valence-corrected chi connectivity index (χ0v) is 9.14. The van der Waals surface area contributed by atoms with E-state index >= 15 is 0 Å². The molecule has 0 aliphatic heterocycles. The standard InChI is InChI=1S/C10H7BrClN/c11-5-1-2-8-6-10(12)4-3-9(8)7-13/h1-4,6H,5H2. The van der Waals surface area contributed by atoms with Crippen LogP contribution in [0.15, 0.2) is 24.3 Å². The summed E-state index contributed by atoms with van der Waals surface area (Å²) in [6, 6.07) is 7.32. The van der Waals surface area contributed by atoms with E-state index in [1.165, 1.54) is 0 Å². The second kappa shape index (κ2) is 5.06. The van der Waals surface area contributed by atoms with Crippen LogP contribution >= 0.6 is 27.5 Å². The summed E-state index contributed by atoms with van der Waals surface area (Å²) >= 11 is 9.07. The van der Waals surface area contributed by atoms with Crippen LogP contribution in [0.2, 0.25) is 5.02 Å². The van der Waals surface area contributed by atoms with Crippen LogP contribution in [0.1, 0.15) is 11.1 Å². The Balaban J connectivity index is 3.10. The number of nitriles is 1. The van der Waals surface area contributed by atoms with Crippen LogP contribution in [-0.2, 0) is 0 Å². The number of nitrogens with zero attached hydrogens (tertiary/aromatic N) is 1. The maximum atomic E-state index is 8.77. The van der Waals surface area contributed by atoms with E-state index in [9.17, 15) is 0 Å². The molecule has 0 heterocycles.